The zero-order chi connectivity index (χ0) is 45.4. The molecule has 0 aromatic rings. The second kappa shape index (κ2) is 31.0. The van der Waals surface area contributed by atoms with Gasteiger partial charge >= 0.3 is 0 Å². The van der Waals surface area contributed by atoms with Gasteiger partial charge in [0.1, 0.15) is 54.9 Å². The normalized spacial score (nSPS) is 30.1. The zero-order valence-electron chi connectivity index (χ0n) is 36.1. The quantitative estimate of drug-likeness (QED) is 0.0346. The molecule has 18 nitrogen and oxygen atoms in total. The second-order valence-corrected chi connectivity index (χ2v) is 16.2. The molecule has 0 aliphatic carbocycles. The molecule has 0 saturated carbocycles. The van der Waals surface area contributed by atoms with Crippen LogP contribution in [0, 0.1) is 0 Å². The molecule has 0 spiro atoms. The van der Waals surface area contributed by atoms with Gasteiger partial charge in [-0.2, -0.15) is 0 Å². The number of carbonyl (C=O) groups is 2. The van der Waals surface area contributed by atoms with E-state index in [1.54, 1.807) is 12.2 Å². The summed E-state index contributed by atoms with van der Waals surface area (Å²) >= 11 is 0. The lowest BCUT2D eigenvalue weighted by atomic mass is 9.91. The van der Waals surface area contributed by atoms with Gasteiger partial charge in [-0.05, 0) is 51.4 Å². The predicted molar refractivity (Wildman–Crippen MR) is 221 cm³/mol. The van der Waals surface area contributed by atoms with Crippen molar-refractivity contribution in [3.05, 3.63) is 12.2 Å². The molecule has 14 N–H and O–H groups in total. The van der Waals surface area contributed by atoms with Crippen molar-refractivity contribution in [2.24, 2.45) is 0 Å². The van der Waals surface area contributed by atoms with Gasteiger partial charge in [0.2, 0.25) is 11.8 Å². The molecule has 60 heavy (non-hydrogen) atoms. The number of aliphatic hydroxyl groups is 12. The first-order valence-electron chi connectivity index (χ1n) is 22.1. The Bertz CT molecular complexity index is 1170. The smallest absolute Gasteiger partial charge is 0.220 e. The minimum absolute atomic E-state index is 0.168. The Hall–Kier alpha value is -1.88. The van der Waals surface area contributed by atoms with Gasteiger partial charge in [-0.1, -0.05) is 78.4 Å². The molecule has 2 heterocycles. The SMILES string of the molecule is CCCC[C@@H](O)[C@@H](O)[C@H](/C=C/CC[C@H]1OC(CO)[C@H](O)C(O)C1O)NC(=O)CCC.CCCC[C@@H](O)[C@@H](O)[C@H](CCCC[C@H]1OC(CO)[C@H](O)C(O)C1O)NC(=O)CCC. The van der Waals surface area contributed by atoms with Crippen LogP contribution in [0.5, 0.6) is 0 Å². The molecule has 0 bridgehead atoms. The first-order chi connectivity index (χ1) is 28.5. The maximum atomic E-state index is 12.0. The summed E-state index contributed by atoms with van der Waals surface area (Å²) in [6.45, 7) is 6.80. The Morgan fingerprint density at radius 3 is 1.47 bits per heavy atom. The molecule has 2 aliphatic heterocycles. The highest BCUT2D eigenvalue weighted by Gasteiger charge is 2.44. The van der Waals surface area contributed by atoms with E-state index in [1.165, 1.54) is 0 Å². The van der Waals surface area contributed by atoms with Gasteiger partial charge in [-0.25, -0.2) is 0 Å². The zero-order valence-corrected chi connectivity index (χ0v) is 36.1. The third-order valence-corrected chi connectivity index (χ3v) is 11.1. The molecular formula is C42H80N2O16. The lowest BCUT2D eigenvalue weighted by Gasteiger charge is -2.40. The fraction of sp³-hybridized carbons (Fsp3) is 0.905. The van der Waals surface area contributed by atoms with E-state index >= 15 is 0 Å². The third kappa shape index (κ3) is 19.2. The summed E-state index contributed by atoms with van der Waals surface area (Å²) in [5.74, 6) is -0.388. The molecule has 2 fully saturated rings. The molecule has 16 atom stereocenters. The minimum Gasteiger partial charge on any atom is -0.394 e. The number of hydrogen-bond acceptors (Lipinski definition) is 16. The van der Waals surface area contributed by atoms with E-state index in [2.05, 4.69) is 10.6 Å². The van der Waals surface area contributed by atoms with Crippen molar-refractivity contribution in [2.75, 3.05) is 13.2 Å². The second-order valence-electron chi connectivity index (χ2n) is 16.2. The Kier molecular flexibility index (Phi) is 29.0. The minimum atomic E-state index is -1.42. The lowest BCUT2D eigenvalue weighted by Crippen LogP contribution is -2.58. The van der Waals surface area contributed by atoms with E-state index in [9.17, 15) is 70.9 Å². The fourth-order valence-corrected chi connectivity index (χ4v) is 7.29. The number of hydrogen-bond donors (Lipinski definition) is 14. The van der Waals surface area contributed by atoms with Gasteiger partial charge in [0.25, 0.3) is 0 Å². The molecule has 2 saturated heterocycles. The molecule has 2 amide bonds. The van der Waals surface area contributed by atoms with E-state index < -0.39 is 111 Å². The van der Waals surface area contributed by atoms with Crippen molar-refractivity contribution >= 4 is 11.8 Å². The van der Waals surface area contributed by atoms with Crippen LogP contribution in [0.15, 0.2) is 12.2 Å². The van der Waals surface area contributed by atoms with E-state index in [1.807, 2.05) is 27.7 Å². The van der Waals surface area contributed by atoms with Crippen molar-refractivity contribution < 1.29 is 80.3 Å². The molecular weight excluding hydrogens is 788 g/mol. The van der Waals surface area contributed by atoms with Crippen molar-refractivity contribution in [3.8, 4) is 0 Å². The van der Waals surface area contributed by atoms with Gasteiger partial charge in [0, 0.05) is 12.8 Å². The number of rotatable bonds is 27. The monoisotopic (exact) mass is 869 g/mol. The van der Waals surface area contributed by atoms with Crippen molar-refractivity contribution in [3.63, 3.8) is 0 Å². The summed E-state index contributed by atoms with van der Waals surface area (Å²) in [7, 11) is 0. The predicted octanol–water partition coefficient (Wildman–Crippen LogP) is -1.05. The van der Waals surface area contributed by atoms with Gasteiger partial charge < -0.3 is 81.4 Å². The van der Waals surface area contributed by atoms with Crippen LogP contribution in [0.25, 0.3) is 0 Å². The summed E-state index contributed by atoms with van der Waals surface area (Å²) in [5, 5.41) is 125. The first-order valence-corrected chi connectivity index (χ1v) is 22.1. The number of aliphatic hydroxyl groups excluding tert-OH is 12. The number of nitrogens with one attached hydrogen (secondary N) is 2. The number of ether oxygens (including phenoxy) is 2. The molecule has 2 aliphatic rings. The fourth-order valence-electron chi connectivity index (χ4n) is 7.29. The van der Waals surface area contributed by atoms with Gasteiger partial charge in [-0.3, -0.25) is 9.59 Å². The molecule has 18 heteroatoms. The maximum Gasteiger partial charge on any atom is 0.220 e. The number of carbonyl (C=O) groups excluding carboxylic acids is 2. The number of amides is 2. The molecule has 2 rings (SSSR count). The van der Waals surface area contributed by atoms with E-state index in [0.717, 1.165) is 25.7 Å². The summed E-state index contributed by atoms with van der Waals surface area (Å²) in [4.78, 5) is 24.0. The molecule has 6 unspecified atom stereocenters. The Balaban J connectivity index is 0.000000600. The summed E-state index contributed by atoms with van der Waals surface area (Å²) < 4.78 is 11.0. The molecule has 354 valence electrons. The highest BCUT2D eigenvalue weighted by atomic mass is 16.6. The lowest BCUT2D eigenvalue weighted by molar-refractivity contribution is -0.230. The van der Waals surface area contributed by atoms with Crippen LogP contribution in [-0.4, -0.2) is 184 Å². The number of unbranched alkanes of at least 4 members (excludes halogenated alkanes) is 3. The first kappa shape index (κ1) is 56.1. The van der Waals surface area contributed by atoms with E-state index in [4.69, 9.17) is 9.47 Å². The van der Waals surface area contributed by atoms with Gasteiger partial charge in [0.05, 0.1) is 55.8 Å². The maximum absolute atomic E-state index is 12.0. The highest BCUT2D eigenvalue weighted by Crippen LogP contribution is 2.26. The average Bonchev–Trinajstić information content (AvgIpc) is 3.23. The average molecular weight is 869 g/mol. The highest BCUT2D eigenvalue weighted by molar-refractivity contribution is 5.76. The van der Waals surface area contributed by atoms with Crippen molar-refractivity contribution in [1.82, 2.24) is 10.6 Å². The summed E-state index contributed by atoms with van der Waals surface area (Å²) in [6.07, 6.45) is -3.42. The van der Waals surface area contributed by atoms with Crippen LogP contribution >= 0.6 is 0 Å². The largest absolute Gasteiger partial charge is 0.394 e. The van der Waals surface area contributed by atoms with Crippen molar-refractivity contribution in [1.29, 1.82) is 0 Å². The third-order valence-electron chi connectivity index (χ3n) is 11.1. The topological polar surface area (TPSA) is 319 Å². The Morgan fingerprint density at radius 2 is 1.00 bits per heavy atom. The van der Waals surface area contributed by atoms with Crippen LogP contribution in [-0.2, 0) is 19.1 Å². The van der Waals surface area contributed by atoms with Crippen LogP contribution in [0.1, 0.15) is 130 Å². The van der Waals surface area contributed by atoms with Crippen LogP contribution in [0.3, 0.4) is 0 Å². The standard InChI is InChI=1S/C21H41NO8.C21H39NO8/c2*1-3-5-10-14(24)18(26)13(22-17(25)8-4-2)9-6-7-11-15-19(27)21(29)20(28)16(12-23)30-15/h13-16,18-21,23-24,26-29H,3-12H2,1-2H3,(H,22,25);6,9,13-16,18-21,23-24,26-29H,3-5,7-8,10-12H2,1-2H3,(H,22,25)/b;9-6+/t2*13-,14+,15+,16?,18-,19?,20-,21?/m00/s1. The van der Waals surface area contributed by atoms with Crippen LogP contribution in [0.4, 0.5) is 0 Å². The summed E-state index contributed by atoms with van der Waals surface area (Å²) in [5.41, 5.74) is 0. The van der Waals surface area contributed by atoms with Crippen molar-refractivity contribution in [2.45, 2.75) is 228 Å². The number of allylic oxidation sites excluding steroid dienone is 1. The van der Waals surface area contributed by atoms with Crippen LogP contribution in [0.2, 0.25) is 0 Å². The van der Waals surface area contributed by atoms with Gasteiger partial charge in [-0.15, -0.1) is 0 Å². The molecule has 0 aromatic carbocycles. The van der Waals surface area contributed by atoms with E-state index in [0.29, 0.717) is 77.0 Å². The molecule has 0 radical (unpaired) electrons. The van der Waals surface area contributed by atoms with E-state index in [-0.39, 0.29) is 11.8 Å². The Labute approximate surface area is 355 Å². The van der Waals surface area contributed by atoms with Gasteiger partial charge in [0.15, 0.2) is 0 Å². The van der Waals surface area contributed by atoms with Crippen LogP contribution < -0.4 is 10.6 Å². The summed E-state index contributed by atoms with van der Waals surface area (Å²) in [6, 6.07) is -1.34. The molecule has 0 aromatic heterocycles. The Morgan fingerprint density at radius 1 is 0.550 bits per heavy atom.